The molecule has 3 heterocycles. The Labute approximate surface area is 141 Å². The highest BCUT2D eigenvalue weighted by molar-refractivity contribution is 5.95. The van der Waals surface area contributed by atoms with Gasteiger partial charge in [-0.05, 0) is 26.7 Å². The van der Waals surface area contributed by atoms with Crippen LogP contribution in [0.1, 0.15) is 57.8 Å². The van der Waals surface area contributed by atoms with Crippen molar-refractivity contribution in [1.82, 2.24) is 24.9 Å². The summed E-state index contributed by atoms with van der Waals surface area (Å²) in [5, 5.41) is 11.6. The van der Waals surface area contributed by atoms with Crippen LogP contribution in [0.25, 0.3) is 0 Å². The molecule has 1 saturated carbocycles. The summed E-state index contributed by atoms with van der Waals surface area (Å²) in [5.41, 5.74) is 4.84. The zero-order chi connectivity index (χ0) is 16.8. The number of H-pyrrole nitrogens is 1. The Kier molecular flexibility index (Phi) is 3.68. The van der Waals surface area contributed by atoms with E-state index < -0.39 is 0 Å². The summed E-state index contributed by atoms with van der Waals surface area (Å²) in [6.45, 7) is 5.70. The fourth-order valence-electron chi connectivity index (χ4n) is 3.66. The highest BCUT2D eigenvalue weighted by Gasteiger charge is 2.36. The van der Waals surface area contributed by atoms with E-state index in [4.69, 9.17) is 4.74 Å². The van der Waals surface area contributed by atoms with Crippen LogP contribution in [0.3, 0.4) is 0 Å². The van der Waals surface area contributed by atoms with Gasteiger partial charge in [0.2, 0.25) is 0 Å². The number of amides is 1. The van der Waals surface area contributed by atoms with Crippen LogP contribution in [-0.4, -0.2) is 50.5 Å². The van der Waals surface area contributed by atoms with Gasteiger partial charge in [0.25, 0.3) is 5.91 Å². The SMILES string of the molecule is Cc1nn(C)c(C)c1C1COCCN1C(=O)c1cn[nH]c1C1CC1. The van der Waals surface area contributed by atoms with Gasteiger partial charge < -0.3 is 9.64 Å². The number of rotatable bonds is 3. The van der Waals surface area contributed by atoms with Crippen molar-refractivity contribution in [3.8, 4) is 0 Å². The van der Waals surface area contributed by atoms with Gasteiger partial charge in [0.05, 0.1) is 42.4 Å². The van der Waals surface area contributed by atoms with Gasteiger partial charge in [-0.2, -0.15) is 10.2 Å². The lowest BCUT2D eigenvalue weighted by molar-refractivity contribution is -0.00310. The van der Waals surface area contributed by atoms with Crippen LogP contribution in [0.2, 0.25) is 0 Å². The third-order valence-electron chi connectivity index (χ3n) is 5.17. The maximum Gasteiger partial charge on any atom is 0.258 e. The van der Waals surface area contributed by atoms with Gasteiger partial charge in [-0.25, -0.2) is 0 Å². The molecule has 2 aliphatic rings. The predicted molar refractivity (Wildman–Crippen MR) is 87.8 cm³/mol. The second-order valence-electron chi connectivity index (χ2n) is 6.77. The van der Waals surface area contributed by atoms with E-state index >= 15 is 0 Å². The molecule has 4 rings (SSSR count). The summed E-state index contributed by atoms with van der Waals surface area (Å²) >= 11 is 0. The van der Waals surface area contributed by atoms with Crippen LogP contribution in [0.4, 0.5) is 0 Å². The van der Waals surface area contributed by atoms with Gasteiger partial charge in [0, 0.05) is 30.8 Å². The van der Waals surface area contributed by atoms with E-state index in [1.165, 1.54) is 0 Å². The summed E-state index contributed by atoms with van der Waals surface area (Å²) in [7, 11) is 1.93. The number of carbonyl (C=O) groups is 1. The summed E-state index contributed by atoms with van der Waals surface area (Å²) in [6, 6.07) is -0.0955. The molecule has 2 fully saturated rings. The predicted octanol–water partition coefficient (Wildman–Crippen LogP) is 1.85. The molecule has 0 aromatic carbocycles. The van der Waals surface area contributed by atoms with E-state index in [1.54, 1.807) is 6.20 Å². The Hall–Kier alpha value is -2.15. The van der Waals surface area contributed by atoms with E-state index in [0.29, 0.717) is 31.2 Å². The topological polar surface area (TPSA) is 76.0 Å². The molecule has 0 bridgehead atoms. The van der Waals surface area contributed by atoms with E-state index in [9.17, 15) is 4.79 Å². The maximum atomic E-state index is 13.2. The third-order valence-corrected chi connectivity index (χ3v) is 5.17. The maximum absolute atomic E-state index is 13.2. The largest absolute Gasteiger partial charge is 0.377 e. The molecule has 2 aromatic heterocycles. The number of nitrogens with one attached hydrogen (secondary N) is 1. The van der Waals surface area contributed by atoms with Crippen molar-refractivity contribution < 1.29 is 9.53 Å². The van der Waals surface area contributed by atoms with Crippen molar-refractivity contribution in [3.05, 3.63) is 34.4 Å². The molecule has 1 aliphatic carbocycles. The van der Waals surface area contributed by atoms with Crippen LogP contribution in [-0.2, 0) is 11.8 Å². The number of morpholine rings is 1. The minimum Gasteiger partial charge on any atom is -0.377 e. The van der Waals surface area contributed by atoms with Crippen molar-refractivity contribution in [3.63, 3.8) is 0 Å². The Morgan fingerprint density at radius 1 is 1.38 bits per heavy atom. The van der Waals surface area contributed by atoms with Crippen molar-refractivity contribution in [2.75, 3.05) is 19.8 Å². The molecule has 1 N–H and O–H groups in total. The van der Waals surface area contributed by atoms with Crippen LogP contribution < -0.4 is 0 Å². The van der Waals surface area contributed by atoms with Crippen LogP contribution in [0.15, 0.2) is 6.20 Å². The molecule has 0 radical (unpaired) electrons. The number of ether oxygens (including phenoxy) is 1. The number of hydrogen-bond donors (Lipinski definition) is 1. The molecule has 7 heteroatoms. The Morgan fingerprint density at radius 2 is 2.17 bits per heavy atom. The molecule has 128 valence electrons. The number of aromatic amines is 1. The molecule has 7 nitrogen and oxygen atoms in total. The van der Waals surface area contributed by atoms with Gasteiger partial charge in [-0.3, -0.25) is 14.6 Å². The first-order valence-electron chi connectivity index (χ1n) is 8.50. The van der Waals surface area contributed by atoms with Crippen molar-refractivity contribution >= 4 is 5.91 Å². The van der Waals surface area contributed by atoms with E-state index in [0.717, 1.165) is 35.5 Å². The van der Waals surface area contributed by atoms with E-state index in [2.05, 4.69) is 15.3 Å². The van der Waals surface area contributed by atoms with E-state index in [-0.39, 0.29) is 11.9 Å². The van der Waals surface area contributed by atoms with Gasteiger partial charge in [0.15, 0.2) is 0 Å². The van der Waals surface area contributed by atoms with Crippen molar-refractivity contribution in [2.24, 2.45) is 7.05 Å². The molecule has 0 spiro atoms. The monoisotopic (exact) mass is 329 g/mol. The lowest BCUT2D eigenvalue weighted by Gasteiger charge is -2.36. The van der Waals surface area contributed by atoms with Crippen LogP contribution in [0, 0.1) is 13.8 Å². The van der Waals surface area contributed by atoms with E-state index in [1.807, 2.05) is 30.5 Å². The number of hydrogen-bond acceptors (Lipinski definition) is 4. The van der Waals surface area contributed by atoms with Gasteiger partial charge in [0.1, 0.15) is 0 Å². The number of aromatic nitrogens is 4. The summed E-state index contributed by atoms with van der Waals surface area (Å²) in [4.78, 5) is 15.1. The first-order valence-corrected chi connectivity index (χ1v) is 8.50. The Balaban J connectivity index is 1.69. The summed E-state index contributed by atoms with van der Waals surface area (Å²) in [5.74, 6) is 0.509. The molecule has 1 amide bonds. The molecule has 1 aliphatic heterocycles. The second-order valence-corrected chi connectivity index (χ2v) is 6.77. The Bertz CT molecular complexity index is 774. The van der Waals surface area contributed by atoms with Gasteiger partial charge >= 0.3 is 0 Å². The minimum atomic E-state index is -0.0955. The van der Waals surface area contributed by atoms with Crippen molar-refractivity contribution in [1.29, 1.82) is 0 Å². The molecule has 1 unspecified atom stereocenters. The number of aryl methyl sites for hydroxylation is 2. The fourth-order valence-corrected chi connectivity index (χ4v) is 3.66. The normalized spacial score (nSPS) is 21.3. The highest BCUT2D eigenvalue weighted by atomic mass is 16.5. The number of carbonyl (C=O) groups excluding carboxylic acids is 1. The summed E-state index contributed by atoms with van der Waals surface area (Å²) < 4.78 is 7.56. The molecule has 24 heavy (non-hydrogen) atoms. The molecule has 1 saturated heterocycles. The lowest BCUT2D eigenvalue weighted by atomic mass is 10.0. The molecular formula is C17H23N5O2. The van der Waals surface area contributed by atoms with Crippen molar-refractivity contribution in [2.45, 2.75) is 38.6 Å². The standard InChI is InChI=1S/C17H23N5O2/c1-10-15(11(2)21(3)20-10)14-9-24-7-6-22(14)17(23)13-8-18-19-16(13)12-4-5-12/h8,12,14H,4-7,9H2,1-3H3,(H,18,19). The Morgan fingerprint density at radius 3 is 2.83 bits per heavy atom. The third kappa shape index (κ3) is 2.43. The van der Waals surface area contributed by atoms with Gasteiger partial charge in [-0.15, -0.1) is 0 Å². The zero-order valence-corrected chi connectivity index (χ0v) is 14.4. The first kappa shape index (κ1) is 15.4. The van der Waals surface area contributed by atoms with Crippen LogP contribution >= 0.6 is 0 Å². The minimum absolute atomic E-state index is 0.0432. The second kappa shape index (κ2) is 5.73. The first-order chi connectivity index (χ1) is 11.6. The molecule has 2 aromatic rings. The smallest absolute Gasteiger partial charge is 0.258 e. The van der Waals surface area contributed by atoms with Gasteiger partial charge in [-0.1, -0.05) is 0 Å². The molecular weight excluding hydrogens is 306 g/mol. The average molecular weight is 329 g/mol. The zero-order valence-electron chi connectivity index (χ0n) is 14.4. The average Bonchev–Trinajstić information content (AvgIpc) is 3.24. The molecule has 1 atom stereocenters. The quantitative estimate of drug-likeness (QED) is 0.932. The lowest BCUT2D eigenvalue weighted by Crippen LogP contribution is -2.44. The fraction of sp³-hybridized carbons (Fsp3) is 0.588. The van der Waals surface area contributed by atoms with Crippen LogP contribution in [0.5, 0.6) is 0 Å². The number of nitrogens with zero attached hydrogens (tertiary/aromatic N) is 4. The highest BCUT2D eigenvalue weighted by Crippen LogP contribution is 2.41. The summed E-state index contributed by atoms with van der Waals surface area (Å²) in [6.07, 6.45) is 3.94.